The fourth-order valence-corrected chi connectivity index (χ4v) is 6.63. The summed E-state index contributed by atoms with van der Waals surface area (Å²) in [4.78, 5) is 17.8. The summed E-state index contributed by atoms with van der Waals surface area (Å²) >= 11 is 1.49. The maximum absolute atomic E-state index is 13.2. The zero-order valence-corrected chi connectivity index (χ0v) is 22.3. The van der Waals surface area contributed by atoms with Crippen molar-refractivity contribution in [1.82, 2.24) is 21.3 Å². The van der Waals surface area contributed by atoms with Gasteiger partial charge in [-0.25, -0.2) is 0 Å². The molecule has 196 valence electrons. The SMILES string of the molecule is CNC1C=NC2S[C@@H](C(=O)NC3=CC(NC(O)[C@H]4C=CC[C@@H](C(C)(C)C#N)C4)=CC[C@@H]3C)C(N)[C@H]2N1. The molecule has 1 amide bonds. The van der Waals surface area contributed by atoms with Crippen LogP contribution in [-0.4, -0.2) is 59.4 Å². The number of amides is 1. The Bertz CT molecular complexity index is 1000. The zero-order valence-electron chi connectivity index (χ0n) is 21.4. The van der Waals surface area contributed by atoms with Crippen molar-refractivity contribution in [2.75, 3.05) is 7.05 Å². The molecule has 0 spiro atoms. The number of nitrogens with two attached hydrogens (primary N) is 1. The van der Waals surface area contributed by atoms with Gasteiger partial charge in [0.15, 0.2) is 0 Å². The van der Waals surface area contributed by atoms with Gasteiger partial charge in [0.05, 0.1) is 23.7 Å². The Balaban J connectivity index is 1.37. The largest absolute Gasteiger partial charge is 0.373 e. The van der Waals surface area contributed by atoms with Gasteiger partial charge in [0, 0.05) is 29.6 Å². The van der Waals surface area contributed by atoms with Crippen molar-refractivity contribution in [2.24, 2.45) is 33.9 Å². The second kappa shape index (κ2) is 11.1. The van der Waals surface area contributed by atoms with Crippen LogP contribution in [0.2, 0.25) is 0 Å². The van der Waals surface area contributed by atoms with Crippen LogP contribution >= 0.6 is 11.8 Å². The second-order valence-electron chi connectivity index (χ2n) is 10.8. The first kappa shape index (κ1) is 26.9. The number of nitrogens with one attached hydrogen (secondary N) is 4. The first-order valence-electron chi connectivity index (χ1n) is 12.8. The molecule has 36 heavy (non-hydrogen) atoms. The molecule has 2 heterocycles. The van der Waals surface area contributed by atoms with Crippen LogP contribution in [-0.2, 0) is 4.79 Å². The van der Waals surface area contributed by atoms with Crippen LogP contribution in [0.1, 0.15) is 40.0 Å². The lowest BCUT2D eigenvalue weighted by molar-refractivity contribution is -0.120. The number of aliphatic hydroxyl groups is 1. The van der Waals surface area contributed by atoms with Gasteiger partial charge in [0.1, 0.15) is 16.9 Å². The van der Waals surface area contributed by atoms with Gasteiger partial charge in [-0.15, -0.1) is 11.8 Å². The Hall–Kier alpha value is -2.16. The molecule has 1 saturated heterocycles. The normalized spacial score (nSPS) is 36.8. The number of hydrogen-bond donors (Lipinski definition) is 6. The van der Waals surface area contributed by atoms with Crippen molar-refractivity contribution in [1.29, 1.82) is 5.26 Å². The molecule has 0 aromatic heterocycles. The molecule has 7 N–H and O–H groups in total. The Labute approximate surface area is 218 Å². The van der Waals surface area contributed by atoms with E-state index in [2.05, 4.69) is 45.3 Å². The van der Waals surface area contributed by atoms with Crippen molar-refractivity contribution >= 4 is 23.9 Å². The van der Waals surface area contributed by atoms with Gasteiger partial charge in [-0.3, -0.25) is 15.1 Å². The molecule has 0 bridgehead atoms. The molecule has 2 aliphatic carbocycles. The lowest BCUT2D eigenvalue weighted by Crippen LogP contribution is -2.59. The van der Waals surface area contributed by atoms with E-state index in [9.17, 15) is 15.2 Å². The minimum Gasteiger partial charge on any atom is -0.373 e. The molecular formula is C26H39N7O2S. The third-order valence-corrected chi connectivity index (χ3v) is 9.39. The molecule has 1 fully saturated rings. The van der Waals surface area contributed by atoms with Gasteiger partial charge in [0.2, 0.25) is 5.91 Å². The van der Waals surface area contributed by atoms with Crippen molar-refractivity contribution in [3.8, 4) is 6.07 Å². The van der Waals surface area contributed by atoms with E-state index < -0.39 is 16.9 Å². The van der Waals surface area contributed by atoms with Crippen molar-refractivity contribution in [3.63, 3.8) is 0 Å². The fraction of sp³-hybridized carbons (Fsp3) is 0.654. The molecule has 9 nitrogen and oxygen atoms in total. The van der Waals surface area contributed by atoms with Gasteiger partial charge in [-0.2, -0.15) is 5.26 Å². The molecule has 10 heteroatoms. The summed E-state index contributed by atoms with van der Waals surface area (Å²) in [5.74, 6) is 0.130. The highest BCUT2D eigenvalue weighted by atomic mass is 32.2. The summed E-state index contributed by atoms with van der Waals surface area (Å²) in [5.41, 5.74) is 7.63. The Morgan fingerprint density at radius 3 is 2.92 bits per heavy atom. The van der Waals surface area contributed by atoms with Crippen LogP contribution < -0.4 is 27.0 Å². The summed E-state index contributed by atoms with van der Waals surface area (Å²) < 4.78 is 0. The third-order valence-electron chi connectivity index (χ3n) is 7.87. The van der Waals surface area contributed by atoms with Crippen LogP contribution in [0, 0.1) is 34.5 Å². The van der Waals surface area contributed by atoms with Gasteiger partial charge >= 0.3 is 0 Å². The molecule has 4 aliphatic rings. The monoisotopic (exact) mass is 513 g/mol. The zero-order chi connectivity index (χ0) is 26.0. The van der Waals surface area contributed by atoms with Crippen LogP contribution in [0.5, 0.6) is 0 Å². The highest BCUT2D eigenvalue weighted by Crippen LogP contribution is 2.39. The van der Waals surface area contributed by atoms with Crippen molar-refractivity contribution < 1.29 is 9.90 Å². The number of hydrogen-bond acceptors (Lipinski definition) is 9. The van der Waals surface area contributed by atoms with Crippen molar-refractivity contribution in [3.05, 3.63) is 35.7 Å². The number of aliphatic hydroxyl groups excluding tert-OH is 1. The van der Waals surface area contributed by atoms with E-state index in [-0.39, 0.29) is 47.3 Å². The predicted molar refractivity (Wildman–Crippen MR) is 143 cm³/mol. The number of nitriles is 1. The van der Waals surface area contributed by atoms with Crippen LogP contribution in [0.15, 0.2) is 40.7 Å². The van der Waals surface area contributed by atoms with E-state index in [1.54, 1.807) is 0 Å². The van der Waals surface area contributed by atoms with E-state index in [0.29, 0.717) is 0 Å². The van der Waals surface area contributed by atoms with E-state index in [1.165, 1.54) is 11.8 Å². The summed E-state index contributed by atoms with van der Waals surface area (Å²) in [6, 6.07) is 1.98. The number of carbonyl (C=O) groups is 1. The predicted octanol–water partition coefficient (Wildman–Crippen LogP) is 1.31. The smallest absolute Gasteiger partial charge is 0.238 e. The number of allylic oxidation sites excluding steroid dienone is 4. The van der Waals surface area contributed by atoms with E-state index >= 15 is 0 Å². The number of nitrogens with zero attached hydrogens (tertiary/aromatic N) is 2. The molecule has 0 radical (unpaired) electrons. The number of aliphatic imine (C=N–C) groups is 1. The highest BCUT2D eigenvalue weighted by Gasteiger charge is 2.47. The van der Waals surface area contributed by atoms with E-state index in [4.69, 9.17) is 5.73 Å². The Kier molecular flexibility index (Phi) is 8.27. The molecule has 4 rings (SSSR count). The number of rotatable bonds is 7. The number of fused-ring (bicyclic) bond motifs is 1. The lowest BCUT2D eigenvalue weighted by Gasteiger charge is -2.35. The molecular weight excluding hydrogens is 474 g/mol. The summed E-state index contributed by atoms with van der Waals surface area (Å²) in [7, 11) is 1.85. The number of thioether (sulfide) groups is 1. The van der Waals surface area contributed by atoms with Crippen molar-refractivity contribution in [2.45, 2.75) is 75.1 Å². The van der Waals surface area contributed by atoms with Gasteiger partial charge < -0.3 is 26.8 Å². The minimum atomic E-state index is -0.780. The third kappa shape index (κ3) is 5.71. The maximum Gasteiger partial charge on any atom is 0.238 e. The highest BCUT2D eigenvalue weighted by molar-refractivity contribution is 8.01. The van der Waals surface area contributed by atoms with E-state index in [0.717, 1.165) is 30.7 Å². The topological polar surface area (TPSA) is 148 Å². The summed E-state index contributed by atoms with van der Waals surface area (Å²) in [6.45, 7) is 5.99. The van der Waals surface area contributed by atoms with Crippen LogP contribution in [0.25, 0.3) is 0 Å². The summed E-state index contributed by atoms with van der Waals surface area (Å²) in [6.07, 6.45) is 11.4. The molecule has 4 unspecified atom stereocenters. The van der Waals surface area contributed by atoms with Crippen LogP contribution in [0.4, 0.5) is 0 Å². The standard InChI is InChI=1S/C26H39N7O2S/c1-14-8-9-17(31-23(34)15-6-5-7-16(10-15)26(2,3)13-27)11-18(14)32-24(35)22-20(28)21-25(36-22)30-12-19(29-4)33-21/h5-6,9,11-12,14-16,19-23,25,29,31,33-34H,7-8,10,28H2,1-4H3,(H,32,35)/t14-,15-,16+,19?,20?,21+,22+,23?,25?/m0/s1. The molecule has 0 aromatic carbocycles. The molecule has 2 aliphatic heterocycles. The van der Waals surface area contributed by atoms with Crippen LogP contribution in [0.3, 0.4) is 0 Å². The second-order valence-corrected chi connectivity index (χ2v) is 12.1. The van der Waals surface area contributed by atoms with Gasteiger partial charge in [0.25, 0.3) is 0 Å². The first-order chi connectivity index (χ1) is 17.1. The molecule has 0 saturated carbocycles. The molecule has 0 aromatic rings. The average molecular weight is 514 g/mol. The average Bonchev–Trinajstić information content (AvgIpc) is 3.21. The minimum absolute atomic E-state index is 0.0498. The maximum atomic E-state index is 13.2. The first-order valence-corrected chi connectivity index (χ1v) is 13.7. The van der Waals surface area contributed by atoms with Gasteiger partial charge in [-0.05, 0) is 58.1 Å². The Morgan fingerprint density at radius 1 is 1.42 bits per heavy atom. The number of carbonyl (C=O) groups excluding carboxylic acids is 1. The fourth-order valence-electron chi connectivity index (χ4n) is 5.23. The molecule has 9 atom stereocenters. The quantitative estimate of drug-likeness (QED) is 0.221. The van der Waals surface area contributed by atoms with E-state index in [1.807, 2.05) is 45.3 Å². The Morgan fingerprint density at radius 2 is 2.19 bits per heavy atom. The van der Waals surface area contributed by atoms with Gasteiger partial charge in [-0.1, -0.05) is 25.2 Å². The lowest BCUT2D eigenvalue weighted by atomic mass is 9.71. The summed E-state index contributed by atoms with van der Waals surface area (Å²) in [5, 5.41) is 32.8.